The second-order valence-corrected chi connectivity index (χ2v) is 10.1. The van der Waals surface area contributed by atoms with Gasteiger partial charge in [0.2, 0.25) is 12.7 Å². The number of carbonyl (C=O) groups is 2. The predicted molar refractivity (Wildman–Crippen MR) is 153 cm³/mol. The van der Waals surface area contributed by atoms with Gasteiger partial charge < -0.3 is 24.4 Å². The van der Waals surface area contributed by atoms with E-state index in [2.05, 4.69) is 5.32 Å². The highest BCUT2D eigenvalue weighted by molar-refractivity contribution is 8.16. The number of carbonyl (C=O) groups excluding carboxylic acids is 2. The van der Waals surface area contributed by atoms with Crippen molar-refractivity contribution in [2.24, 2.45) is 4.99 Å². The van der Waals surface area contributed by atoms with Crippen LogP contribution in [0.4, 0.5) is 0 Å². The summed E-state index contributed by atoms with van der Waals surface area (Å²) in [5.74, 6) is 0.802. The van der Waals surface area contributed by atoms with Gasteiger partial charge in [0, 0.05) is 17.8 Å². The van der Waals surface area contributed by atoms with Crippen LogP contribution in [-0.4, -0.2) is 35.3 Å². The molecule has 9 heteroatoms. The molecule has 8 nitrogen and oxygen atoms in total. The van der Waals surface area contributed by atoms with Crippen molar-refractivity contribution in [3.05, 3.63) is 112 Å². The minimum Gasteiger partial charge on any atom is -0.463 e. The average Bonchev–Trinajstić information content (AvgIpc) is 3.63. The van der Waals surface area contributed by atoms with Crippen LogP contribution in [0.15, 0.2) is 101 Å². The lowest BCUT2D eigenvalue weighted by molar-refractivity contribution is -0.139. The van der Waals surface area contributed by atoms with E-state index in [-0.39, 0.29) is 25.7 Å². The first kappa shape index (κ1) is 25.8. The van der Waals surface area contributed by atoms with Crippen molar-refractivity contribution >= 4 is 34.5 Å². The Morgan fingerprint density at radius 3 is 2.55 bits per heavy atom. The zero-order valence-electron chi connectivity index (χ0n) is 21.8. The molecule has 0 radical (unpaired) electrons. The number of hydrogen-bond acceptors (Lipinski definition) is 8. The molecule has 1 N–H and O–H groups in total. The van der Waals surface area contributed by atoms with Gasteiger partial charge in [-0.25, -0.2) is 9.79 Å². The Morgan fingerprint density at radius 1 is 1.02 bits per heavy atom. The van der Waals surface area contributed by atoms with Crippen LogP contribution in [0.2, 0.25) is 0 Å². The molecule has 3 aliphatic heterocycles. The van der Waals surface area contributed by atoms with E-state index in [0.29, 0.717) is 34.5 Å². The highest BCUT2D eigenvalue weighted by atomic mass is 32.2. The molecule has 3 aromatic rings. The maximum absolute atomic E-state index is 13.5. The summed E-state index contributed by atoms with van der Waals surface area (Å²) in [6, 6.07) is 24.5. The Labute approximate surface area is 236 Å². The molecule has 0 fully saturated rings. The third-order valence-electron chi connectivity index (χ3n) is 6.74. The second kappa shape index (κ2) is 11.3. The SMILES string of the molecule is CCOC(=O)C1=C(c2ccccc2)N=C2SC=C(CC(=O)NCc3ccc4c(c3)OCO4)N2C1c1ccccc1. The molecular weight excluding hydrogens is 526 g/mol. The average molecular weight is 554 g/mol. The molecule has 0 bridgehead atoms. The number of aliphatic imine (C=N–C) groups is 1. The van der Waals surface area contributed by atoms with Gasteiger partial charge in [-0.2, -0.15) is 0 Å². The minimum atomic E-state index is -0.508. The summed E-state index contributed by atoms with van der Waals surface area (Å²) in [7, 11) is 0. The summed E-state index contributed by atoms with van der Waals surface area (Å²) in [6.07, 6.45) is 0.122. The first-order chi connectivity index (χ1) is 19.6. The standard InChI is InChI=1S/C31H27N3O5S/c1-2-37-30(36)27-28(21-9-5-3-6-10-21)33-31-34(29(27)22-11-7-4-8-12-22)23(18-40-31)16-26(35)32-17-20-13-14-24-25(15-20)39-19-38-24/h3-15,18,29H,2,16-17,19H2,1H3,(H,32,35). The van der Waals surface area contributed by atoms with Gasteiger partial charge in [-0.05, 0) is 35.6 Å². The van der Waals surface area contributed by atoms with E-state index in [4.69, 9.17) is 19.2 Å². The summed E-state index contributed by atoms with van der Waals surface area (Å²) in [5.41, 5.74) is 4.42. The minimum absolute atomic E-state index is 0.122. The summed E-state index contributed by atoms with van der Waals surface area (Å²) >= 11 is 1.45. The van der Waals surface area contributed by atoms with E-state index < -0.39 is 12.0 Å². The number of thioether (sulfide) groups is 1. The van der Waals surface area contributed by atoms with E-state index in [9.17, 15) is 9.59 Å². The molecular formula is C31H27N3O5S. The molecule has 1 atom stereocenters. The van der Waals surface area contributed by atoms with Crippen LogP contribution in [0.5, 0.6) is 11.5 Å². The van der Waals surface area contributed by atoms with Crippen LogP contribution in [0.1, 0.15) is 36.1 Å². The molecule has 0 saturated carbocycles. The number of fused-ring (bicyclic) bond motifs is 2. The summed E-state index contributed by atoms with van der Waals surface area (Å²) in [5, 5.41) is 5.64. The quantitative estimate of drug-likeness (QED) is 0.374. The molecule has 1 amide bonds. The fourth-order valence-electron chi connectivity index (χ4n) is 4.92. The summed E-state index contributed by atoms with van der Waals surface area (Å²) in [4.78, 5) is 33.6. The highest BCUT2D eigenvalue weighted by Gasteiger charge is 2.42. The number of nitrogens with one attached hydrogen (secondary N) is 1. The van der Waals surface area contributed by atoms with Crippen molar-refractivity contribution in [3.8, 4) is 11.5 Å². The van der Waals surface area contributed by atoms with Gasteiger partial charge in [0.05, 0.1) is 30.3 Å². The van der Waals surface area contributed by atoms with E-state index in [1.54, 1.807) is 6.92 Å². The van der Waals surface area contributed by atoms with Gasteiger partial charge in [-0.15, -0.1) is 0 Å². The van der Waals surface area contributed by atoms with Gasteiger partial charge >= 0.3 is 5.97 Å². The molecule has 202 valence electrons. The van der Waals surface area contributed by atoms with E-state index in [0.717, 1.165) is 22.4 Å². The zero-order chi connectivity index (χ0) is 27.5. The lowest BCUT2D eigenvalue weighted by Gasteiger charge is -2.36. The Morgan fingerprint density at radius 2 is 1.77 bits per heavy atom. The van der Waals surface area contributed by atoms with Crippen molar-refractivity contribution in [1.29, 1.82) is 0 Å². The third kappa shape index (κ3) is 5.08. The fourth-order valence-corrected chi connectivity index (χ4v) is 5.84. The van der Waals surface area contributed by atoms with Crippen LogP contribution < -0.4 is 14.8 Å². The topological polar surface area (TPSA) is 89.5 Å². The molecule has 3 aliphatic rings. The molecule has 6 rings (SSSR count). The predicted octanol–water partition coefficient (Wildman–Crippen LogP) is 5.40. The largest absolute Gasteiger partial charge is 0.463 e. The number of hydrogen-bond donors (Lipinski definition) is 1. The first-order valence-corrected chi connectivity index (χ1v) is 13.9. The maximum Gasteiger partial charge on any atom is 0.338 e. The molecule has 3 aromatic carbocycles. The van der Waals surface area contributed by atoms with E-state index in [1.807, 2.05) is 89.2 Å². The normalized spacial score (nSPS) is 17.2. The van der Waals surface area contributed by atoms with Crippen molar-refractivity contribution < 1.29 is 23.8 Å². The number of amidine groups is 1. The monoisotopic (exact) mass is 553 g/mol. The van der Waals surface area contributed by atoms with Gasteiger partial charge in [0.15, 0.2) is 16.7 Å². The molecule has 0 aliphatic carbocycles. The van der Waals surface area contributed by atoms with Crippen LogP contribution in [0, 0.1) is 0 Å². The molecule has 0 spiro atoms. The molecule has 0 aromatic heterocycles. The van der Waals surface area contributed by atoms with Crippen molar-refractivity contribution in [1.82, 2.24) is 10.2 Å². The van der Waals surface area contributed by atoms with Crippen molar-refractivity contribution in [3.63, 3.8) is 0 Å². The number of rotatable bonds is 8. The van der Waals surface area contributed by atoms with Gasteiger partial charge in [0.25, 0.3) is 0 Å². The van der Waals surface area contributed by atoms with Crippen molar-refractivity contribution in [2.75, 3.05) is 13.4 Å². The van der Waals surface area contributed by atoms with Gasteiger partial charge in [0.1, 0.15) is 0 Å². The Bertz CT molecular complexity index is 1540. The lowest BCUT2D eigenvalue weighted by Crippen LogP contribution is -2.38. The molecule has 40 heavy (non-hydrogen) atoms. The molecule has 3 heterocycles. The Kier molecular flexibility index (Phi) is 7.29. The smallest absolute Gasteiger partial charge is 0.338 e. The third-order valence-corrected chi connectivity index (χ3v) is 7.63. The van der Waals surface area contributed by atoms with Crippen LogP contribution in [-0.2, 0) is 20.9 Å². The van der Waals surface area contributed by atoms with Gasteiger partial charge in [-0.1, -0.05) is 78.5 Å². The number of esters is 1. The maximum atomic E-state index is 13.5. The Hall–Kier alpha value is -4.50. The zero-order valence-corrected chi connectivity index (χ0v) is 22.6. The number of nitrogens with zero attached hydrogens (tertiary/aromatic N) is 2. The van der Waals surface area contributed by atoms with Crippen LogP contribution in [0.3, 0.4) is 0 Å². The van der Waals surface area contributed by atoms with Gasteiger partial charge in [-0.3, -0.25) is 4.79 Å². The first-order valence-electron chi connectivity index (χ1n) is 13.0. The van der Waals surface area contributed by atoms with Crippen LogP contribution in [0.25, 0.3) is 5.70 Å². The van der Waals surface area contributed by atoms with Crippen LogP contribution >= 0.6 is 11.8 Å². The van der Waals surface area contributed by atoms with E-state index >= 15 is 0 Å². The number of amides is 1. The highest BCUT2D eigenvalue weighted by Crippen LogP contribution is 2.47. The number of ether oxygens (including phenoxy) is 3. The fraction of sp³-hybridized carbons (Fsp3) is 0.194. The lowest BCUT2D eigenvalue weighted by atomic mass is 9.91. The number of benzene rings is 3. The van der Waals surface area contributed by atoms with Crippen molar-refractivity contribution in [2.45, 2.75) is 25.9 Å². The Balaban J connectivity index is 1.30. The second-order valence-electron chi connectivity index (χ2n) is 9.29. The molecule has 0 saturated heterocycles. The summed E-state index contributed by atoms with van der Waals surface area (Å²) < 4.78 is 16.4. The molecule has 1 unspecified atom stereocenters. The van der Waals surface area contributed by atoms with E-state index in [1.165, 1.54) is 11.8 Å². The summed E-state index contributed by atoms with van der Waals surface area (Å²) in [6.45, 7) is 2.58.